The highest BCUT2D eigenvalue weighted by atomic mass is 19.1. The molecule has 106 valence electrons. The Labute approximate surface area is 114 Å². The van der Waals surface area contributed by atoms with Gasteiger partial charge in [0.05, 0.1) is 17.8 Å². The number of carbonyl (C=O) groups is 1. The number of nitrogens with two attached hydrogens (primary N) is 1. The Kier molecular flexibility index (Phi) is 3.74. The summed E-state index contributed by atoms with van der Waals surface area (Å²) in [6.45, 7) is 1.97. The van der Waals surface area contributed by atoms with Gasteiger partial charge in [0.15, 0.2) is 0 Å². The van der Waals surface area contributed by atoms with Crippen molar-refractivity contribution in [1.82, 2.24) is 4.90 Å². The smallest absolute Gasteiger partial charge is 0.257 e. The van der Waals surface area contributed by atoms with Gasteiger partial charge in [-0.3, -0.25) is 4.79 Å². The molecule has 20 heavy (non-hydrogen) atoms. The average Bonchev–Trinajstić information content (AvgIpc) is 2.78. The van der Waals surface area contributed by atoms with E-state index < -0.39 is 17.5 Å². The fourth-order valence-corrected chi connectivity index (χ4v) is 1.81. The molecule has 2 aromatic rings. The summed E-state index contributed by atoms with van der Waals surface area (Å²) in [5.74, 6) is -1.12. The van der Waals surface area contributed by atoms with E-state index in [4.69, 9.17) is 10.2 Å². The zero-order valence-electron chi connectivity index (χ0n) is 11.1. The average molecular weight is 280 g/mol. The molecular formula is C14H14F2N2O2. The number of halogens is 2. The van der Waals surface area contributed by atoms with Crippen molar-refractivity contribution in [2.24, 2.45) is 0 Å². The van der Waals surface area contributed by atoms with Gasteiger partial charge in [0.25, 0.3) is 5.91 Å². The quantitative estimate of drug-likeness (QED) is 0.879. The fraction of sp³-hybridized carbons (Fsp3) is 0.214. The van der Waals surface area contributed by atoms with Crippen LogP contribution >= 0.6 is 0 Å². The molecule has 0 bridgehead atoms. The van der Waals surface area contributed by atoms with Crippen LogP contribution in [-0.2, 0) is 6.54 Å². The first kappa shape index (κ1) is 14.0. The molecule has 0 aliphatic heterocycles. The second kappa shape index (κ2) is 5.32. The molecule has 2 N–H and O–H groups in total. The van der Waals surface area contributed by atoms with Crippen LogP contribution in [0.4, 0.5) is 14.5 Å². The Morgan fingerprint density at radius 3 is 2.60 bits per heavy atom. The number of carbonyl (C=O) groups excluding carboxylic acids is 1. The van der Waals surface area contributed by atoms with Crippen LogP contribution in [0.5, 0.6) is 0 Å². The molecule has 0 aliphatic rings. The summed E-state index contributed by atoms with van der Waals surface area (Å²) in [5.41, 5.74) is 4.82. The van der Waals surface area contributed by atoms with E-state index in [9.17, 15) is 13.6 Å². The number of hydrogen-bond acceptors (Lipinski definition) is 3. The van der Waals surface area contributed by atoms with Gasteiger partial charge in [-0.25, -0.2) is 8.78 Å². The maximum Gasteiger partial charge on any atom is 0.257 e. The number of benzene rings is 1. The molecular weight excluding hydrogens is 266 g/mol. The molecule has 0 radical (unpaired) electrons. The molecule has 4 nitrogen and oxygen atoms in total. The van der Waals surface area contributed by atoms with E-state index in [-0.39, 0.29) is 17.8 Å². The van der Waals surface area contributed by atoms with Crippen LogP contribution < -0.4 is 5.73 Å². The molecule has 0 saturated heterocycles. The van der Waals surface area contributed by atoms with Gasteiger partial charge in [-0.1, -0.05) is 0 Å². The molecule has 2 rings (SSSR count). The second-order valence-electron chi connectivity index (χ2n) is 4.53. The monoisotopic (exact) mass is 280 g/mol. The zero-order valence-corrected chi connectivity index (χ0v) is 11.1. The number of furan rings is 1. The molecule has 0 spiro atoms. The summed E-state index contributed by atoms with van der Waals surface area (Å²) in [5, 5.41) is 0. The van der Waals surface area contributed by atoms with Crippen LogP contribution in [0.1, 0.15) is 21.9 Å². The summed E-state index contributed by atoms with van der Waals surface area (Å²) in [6, 6.07) is 5.10. The van der Waals surface area contributed by atoms with Gasteiger partial charge < -0.3 is 15.1 Å². The minimum atomic E-state index is -0.941. The van der Waals surface area contributed by atoms with Gasteiger partial charge in [0, 0.05) is 13.1 Å². The van der Waals surface area contributed by atoms with Crippen molar-refractivity contribution >= 4 is 11.6 Å². The lowest BCUT2D eigenvalue weighted by Gasteiger charge is -2.16. The van der Waals surface area contributed by atoms with Crippen LogP contribution in [0.2, 0.25) is 0 Å². The van der Waals surface area contributed by atoms with Crippen LogP contribution in [0.25, 0.3) is 0 Å². The van der Waals surface area contributed by atoms with Crippen molar-refractivity contribution in [3.8, 4) is 0 Å². The minimum absolute atomic E-state index is 0.184. The van der Waals surface area contributed by atoms with E-state index in [2.05, 4.69) is 0 Å². The van der Waals surface area contributed by atoms with Crippen molar-refractivity contribution in [2.75, 3.05) is 12.8 Å². The Hall–Kier alpha value is -2.37. The van der Waals surface area contributed by atoms with E-state index in [1.165, 1.54) is 11.9 Å². The SMILES string of the molecule is Cc1ccc(CN(C)C(=O)c2cc(N)c(F)cc2F)o1. The van der Waals surface area contributed by atoms with Crippen molar-refractivity contribution in [3.63, 3.8) is 0 Å². The third-order valence-corrected chi connectivity index (χ3v) is 2.85. The summed E-state index contributed by atoms with van der Waals surface area (Å²) < 4.78 is 32.0. The van der Waals surface area contributed by atoms with E-state index >= 15 is 0 Å². The van der Waals surface area contributed by atoms with Gasteiger partial charge in [-0.05, 0) is 25.1 Å². The molecule has 1 amide bonds. The number of nitrogen functional groups attached to an aromatic ring is 1. The molecule has 1 heterocycles. The zero-order chi connectivity index (χ0) is 14.9. The van der Waals surface area contributed by atoms with Gasteiger partial charge in [0.2, 0.25) is 0 Å². The summed E-state index contributed by atoms with van der Waals surface area (Å²) in [4.78, 5) is 13.4. The molecule has 0 unspecified atom stereocenters. The van der Waals surface area contributed by atoms with Crippen molar-refractivity contribution in [1.29, 1.82) is 0 Å². The van der Waals surface area contributed by atoms with Gasteiger partial charge in [-0.2, -0.15) is 0 Å². The van der Waals surface area contributed by atoms with E-state index in [0.29, 0.717) is 11.8 Å². The maximum absolute atomic E-state index is 13.6. The lowest BCUT2D eigenvalue weighted by Crippen LogP contribution is -2.27. The van der Waals surface area contributed by atoms with E-state index in [1.54, 1.807) is 19.1 Å². The number of rotatable bonds is 3. The predicted octanol–water partition coefficient (Wildman–Crippen LogP) is 2.72. The second-order valence-corrected chi connectivity index (χ2v) is 4.53. The topological polar surface area (TPSA) is 59.5 Å². The molecule has 1 aromatic heterocycles. The lowest BCUT2D eigenvalue weighted by molar-refractivity contribution is 0.0770. The Morgan fingerprint density at radius 2 is 2.00 bits per heavy atom. The van der Waals surface area contributed by atoms with Crippen molar-refractivity contribution in [2.45, 2.75) is 13.5 Å². The summed E-state index contributed by atoms with van der Waals surface area (Å²) in [7, 11) is 1.50. The van der Waals surface area contributed by atoms with Crippen LogP contribution in [0.3, 0.4) is 0 Å². The number of amides is 1. The van der Waals surface area contributed by atoms with Gasteiger partial charge >= 0.3 is 0 Å². The minimum Gasteiger partial charge on any atom is -0.464 e. The van der Waals surface area contributed by atoms with E-state index in [0.717, 1.165) is 11.8 Å². The number of hydrogen-bond donors (Lipinski definition) is 1. The third-order valence-electron chi connectivity index (χ3n) is 2.85. The van der Waals surface area contributed by atoms with Gasteiger partial charge in [0.1, 0.15) is 23.2 Å². The predicted molar refractivity (Wildman–Crippen MR) is 70.0 cm³/mol. The van der Waals surface area contributed by atoms with Crippen LogP contribution in [0, 0.1) is 18.6 Å². The molecule has 0 atom stereocenters. The largest absolute Gasteiger partial charge is 0.464 e. The Morgan fingerprint density at radius 1 is 1.30 bits per heavy atom. The molecule has 0 fully saturated rings. The van der Waals surface area contributed by atoms with E-state index in [1.807, 2.05) is 0 Å². The molecule has 0 aliphatic carbocycles. The lowest BCUT2D eigenvalue weighted by atomic mass is 10.1. The third kappa shape index (κ3) is 2.79. The number of aryl methyl sites for hydroxylation is 1. The summed E-state index contributed by atoms with van der Waals surface area (Å²) in [6.07, 6.45) is 0. The first-order valence-electron chi connectivity index (χ1n) is 5.93. The Bertz CT molecular complexity index is 653. The number of anilines is 1. The van der Waals surface area contributed by atoms with Crippen LogP contribution in [0.15, 0.2) is 28.7 Å². The van der Waals surface area contributed by atoms with Gasteiger partial charge in [-0.15, -0.1) is 0 Å². The van der Waals surface area contributed by atoms with Crippen LogP contribution in [-0.4, -0.2) is 17.9 Å². The number of nitrogens with zero attached hydrogens (tertiary/aromatic N) is 1. The Balaban J connectivity index is 2.20. The normalized spacial score (nSPS) is 10.6. The highest BCUT2D eigenvalue weighted by Gasteiger charge is 2.19. The first-order chi connectivity index (χ1) is 9.38. The molecule has 0 saturated carbocycles. The molecule has 6 heteroatoms. The molecule has 1 aromatic carbocycles. The van der Waals surface area contributed by atoms with Crippen molar-refractivity contribution < 1.29 is 18.0 Å². The fourth-order valence-electron chi connectivity index (χ4n) is 1.81. The highest BCUT2D eigenvalue weighted by molar-refractivity contribution is 5.95. The highest BCUT2D eigenvalue weighted by Crippen LogP contribution is 2.19. The van der Waals surface area contributed by atoms with Crippen molar-refractivity contribution in [3.05, 3.63) is 53.0 Å². The maximum atomic E-state index is 13.6. The first-order valence-corrected chi connectivity index (χ1v) is 5.93. The standard InChI is InChI=1S/C14H14F2N2O2/c1-8-3-4-9(20-8)7-18(2)14(19)10-5-13(17)12(16)6-11(10)15/h3-6H,7,17H2,1-2H3. The summed E-state index contributed by atoms with van der Waals surface area (Å²) >= 11 is 0.